The van der Waals surface area contributed by atoms with Crippen molar-refractivity contribution in [1.82, 2.24) is 4.31 Å². The van der Waals surface area contributed by atoms with Gasteiger partial charge in [0.15, 0.2) is 0 Å². The van der Waals surface area contributed by atoms with Crippen LogP contribution in [0.1, 0.15) is 18.4 Å². The van der Waals surface area contributed by atoms with Crippen molar-refractivity contribution in [2.24, 2.45) is 5.92 Å². The van der Waals surface area contributed by atoms with Crippen LogP contribution in [0.5, 0.6) is 0 Å². The normalized spacial score (nSPS) is 18.3. The van der Waals surface area contributed by atoms with E-state index in [0.717, 1.165) is 5.56 Å². The zero-order valence-corrected chi connectivity index (χ0v) is 16.4. The summed E-state index contributed by atoms with van der Waals surface area (Å²) in [6.45, 7) is 2.20. The van der Waals surface area contributed by atoms with Gasteiger partial charge in [-0.25, -0.2) is 12.8 Å². The highest BCUT2D eigenvalue weighted by molar-refractivity contribution is 7.89. The summed E-state index contributed by atoms with van der Waals surface area (Å²) in [6, 6.07) is 10.4. The third-order valence-corrected chi connectivity index (χ3v) is 6.72. The number of nitrogens with one attached hydrogen (secondary N) is 1. The number of benzene rings is 2. The predicted octanol–water partition coefficient (Wildman–Crippen LogP) is 3.83. The lowest BCUT2D eigenvalue weighted by Crippen LogP contribution is -2.43. The number of hydrogen-bond donors (Lipinski definition) is 1. The van der Waals surface area contributed by atoms with Crippen molar-refractivity contribution in [2.75, 3.05) is 18.4 Å². The lowest BCUT2D eigenvalue weighted by atomic mass is 9.98. The highest BCUT2D eigenvalue weighted by atomic mass is 35.5. The predicted molar refractivity (Wildman–Crippen MR) is 103 cm³/mol. The monoisotopic (exact) mass is 410 g/mol. The maximum absolute atomic E-state index is 13.9. The Kier molecular flexibility index (Phi) is 5.83. The van der Waals surface area contributed by atoms with E-state index in [1.165, 1.54) is 34.6 Å². The Hall–Kier alpha value is -1.96. The molecular formula is C19H20ClFN2O3S. The Balaban J connectivity index is 1.74. The summed E-state index contributed by atoms with van der Waals surface area (Å²) in [5, 5.41) is 3.04. The standard InChI is InChI=1S/C19H20ClFN2O3S/c1-13-4-9-17(21)18(11-13)22-19(24)14-3-2-10-23(12-14)27(25,26)16-7-5-15(20)6-8-16/h4-9,11,14H,2-3,10,12H2,1H3,(H,22,24)/t14-/m1/s1. The number of amides is 1. The number of nitrogens with zero attached hydrogens (tertiary/aromatic N) is 1. The molecule has 1 heterocycles. The third-order valence-electron chi connectivity index (χ3n) is 4.59. The molecule has 1 fully saturated rings. The van der Waals surface area contributed by atoms with Crippen LogP contribution in [0, 0.1) is 18.7 Å². The van der Waals surface area contributed by atoms with Crippen LogP contribution in [0.2, 0.25) is 5.02 Å². The van der Waals surface area contributed by atoms with Crippen molar-refractivity contribution >= 4 is 33.2 Å². The van der Waals surface area contributed by atoms with Crippen molar-refractivity contribution in [1.29, 1.82) is 0 Å². The third kappa shape index (κ3) is 4.48. The smallest absolute Gasteiger partial charge is 0.243 e. The molecule has 0 aliphatic carbocycles. The number of hydrogen-bond acceptors (Lipinski definition) is 3. The van der Waals surface area contributed by atoms with Gasteiger partial charge in [0.25, 0.3) is 0 Å². The number of carbonyl (C=O) groups excluding carboxylic acids is 1. The van der Waals surface area contributed by atoms with Crippen LogP contribution >= 0.6 is 11.6 Å². The molecule has 1 amide bonds. The van der Waals surface area contributed by atoms with E-state index in [2.05, 4.69) is 5.32 Å². The summed E-state index contributed by atoms with van der Waals surface area (Å²) in [5.41, 5.74) is 0.931. The first kappa shape index (κ1) is 19.8. The average Bonchev–Trinajstić information content (AvgIpc) is 2.65. The van der Waals surface area contributed by atoms with Gasteiger partial charge >= 0.3 is 0 Å². The highest BCUT2D eigenvalue weighted by Gasteiger charge is 2.33. The quantitative estimate of drug-likeness (QED) is 0.833. The fraction of sp³-hybridized carbons (Fsp3) is 0.316. The molecule has 144 valence electrons. The molecule has 1 atom stereocenters. The molecule has 5 nitrogen and oxygen atoms in total. The van der Waals surface area contributed by atoms with Crippen LogP contribution in [0.3, 0.4) is 0 Å². The van der Waals surface area contributed by atoms with Crippen LogP contribution < -0.4 is 5.32 Å². The van der Waals surface area contributed by atoms with Crippen LogP contribution in [0.15, 0.2) is 47.4 Å². The molecule has 0 spiro atoms. The van der Waals surface area contributed by atoms with E-state index >= 15 is 0 Å². The molecule has 1 aliphatic heterocycles. The van der Waals surface area contributed by atoms with Gasteiger partial charge in [0.2, 0.25) is 15.9 Å². The largest absolute Gasteiger partial charge is 0.323 e. The second-order valence-electron chi connectivity index (χ2n) is 6.63. The van der Waals surface area contributed by atoms with Crippen LogP contribution in [-0.2, 0) is 14.8 Å². The molecule has 0 aromatic heterocycles. The van der Waals surface area contributed by atoms with Crippen LogP contribution in [0.4, 0.5) is 10.1 Å². The highest BCUT2D eigenvalue weighted by Crippen LogP contribution is 2.26. The van der Waals surface area contributed by atoms with Gasteiger partial charge in [0.1, 0.15) is 5.82 Å². The zero-order chi connectivity index (χ0) is 19.6. The number of piperidine rings is 1. The fourth-order valence-electron chi connectivity index (χ4n) is 3.10. The number of anilines is 1. The molecular weight excluding hydrogens is 391 g/mol. The van der Waals surface area contributed by atoms with E-state index in [1.54, 1.807) is 19.1 Å². The summed E-state index contributed by atoms with van der Waals surface area (Å²) in [4.78, 5) is 12.7. The van der Waals surface area contributed by atoms with Crippen molar-refractivity contribution in [3.05, 3.63) is 58.9 Å². The minimum Gasteiger partial charge on any atom is -0.323 e. The first-order valence-corrected chi connectivity index (χ1v) is 10.4. The van der Waals surface area contributed by atoms with Crippen LogP contribution in [-0.4, -0.2) is 31.7 Å². The van der Waals surface area contributed by atoms with E-state index in [-0.39, 0.29) is 23.0 Å². The summed E-state index contributed by atoms with van der Waals surface area (Å²) in [6.07, 6.45) is 1.10. The fourth-order valence-corrected chi connectivity index (χ4v) is 4.75. The molecule has 0 bridgehead atoms. The maximum atomic E-state index is 13.9. The van der Waals surface area contributed by atoms with Crippen molar-refractivity contribution < 1.29 is 17.6 Å². The van der Waals surface area contributed by atoms with Gasteiger partial charge in [-0.3, -0.25) is 4.79 Å². The van der Waals surface area contributed by atoms with Gasteiger partial charge in [-0.05, 0) is 61.7 Å². The van der Waals surface area contributed by atoms with Gasteiger partial charge in [0, 0.05) is 18.1 Å². The lowest BCUT2D eigenvalue weighted by molar-refractivity contribution is -0.120. The minimum atomic E-state index is -3.71. The second kappa shape index (κ2) is 7.96. The zero-order valence-electron chi connectivity index (χ0n) is 14.8. The van der Waals surface area contributed by atoms with Gasteiger partial charge < -0.3 is 5.32 Å². The molecule has 1 N–H and O–H groups in total. The first-order chi connectivity index (χ1) is 12.8. The number of halogens is 2. The van der Waals surface area contributed by atoms with Gasteiger partial charge in [0.05, 0.1) is 16.5 Å². The summed E-state index contributed by atoms with van der Waals surface area (Å²) in [5.74, 6) is -1.44. The van der Waals surface area contributed by atoms with E-state index in [1.807, 2.05) is 0 Å². The first-order valence-electron chi connectivity index (χ1n) is 8.60. The minimum absolute atomic E-state index is 0.0597. The molecule has 0 saturated carbocycles. The van der Waals surface area contributed by atoms with E-state index < -0.39 is 21.8 Å². The Morgan fingerprint density at radius 2 is 1.93 bits per heavy atom. The van der Waals surface area contributed by atoms with Gasteiger partial charge in [-0.15, -0.1) is 0 Å². The Morgan fingerprint density at radius 3 is 2.63 bits per heavy atom. The molecule has 1 saturated heterocycles. The molecule has 2 aromatic carbocycles. The molecule has 8 heteroatoms. The lowest BCUT2D eigenvalue weighted by Gasteiger charge is -2.31. The number of sulfonamides is 1. The van der Waals surface area contributed by atoms with E-state index in [9.17, 15) is 17.6 Å². The summed E-state index contributed by atoms with van der Waals surface area (Å²) in [7, 11) is -3.71. The average molecular weight is 411 g/mol. The van der Waals surface area contributed by atoms with Crippen LogP contribution in [0.25, 0.3) is 0 Å². The Labute approximate surface area is 163 Å². The molecule has 1 aliphatic rings. The molecule has 2 aromatic rings. The molecule has 0 radical (unpaired) electrons. The molecule has 3 rings (SSSR count). The SMILES string of the molecule is Cc1ccc(F)c(NC(=O)[C@@H]2CCCN(S(=O)(=O)c3ccc(Cl)cc3)C2)c1. The number of rotatable bonds is 4. The topological polar surface area (TPSA) is 66.5 Å². The number of aryl methyl sites for hydroxylation is 1. The number of carbonyl (C=O) groups is 1. The maximum Gasteiger partial charge on any atom is 0.243 e. The van der Waals surface area contributed by atoms with Gasteiger partial charge in [-0.2, -0.15) is 4.31 Å². The van der Waals surface area contributed by atoms with E-state index in [0.29, 0.717) is 24.4 Å². The van der Waals surface area contributed by atoms with Gasteiger partial charge in [-0.1, -0.05) is 17.7 Å². The molecule has 27 heavy (non-hydrogen) atoms. The van der Waals surface area contributed by atoms with Crippen molar-refractivity contribution in [3.8, 4) is 0 Å². The summed E-state index contributed by atoms with van der Waals surface area (Å²) < 4.78 is 40.8. The Morgan fingerprint density at radius 1 is 1.22 bits per heavy atom. The summed E-state index contributed by atoms with van der Waals surface area (Å²) >= 11 is 5.82. The Bertz CT molecular complexity index is 948. The van der Waals surface area contributed by atoms with E-state index in [4.69, 9.17) is 11.6 Å². The van der Waals surface area contributed by atoms with Crippen molar-refractivity contribution in [2.45, 2.75) is 24.7 Å². The van der Waals surface area contributed by atoms with Crippen molar-refractivity contribution in [3.63, 3.8) is 0 Å². The molecule has 0 unspecified atom stereocenters. The second-order valence-corrected chi connectivity index (χ2v) is 9.00.